The first-order valence-corrected chi connectivity index (χ1v) is 6.68. The number of anilines is 1. The van der Waals surface area contributed by atoms with Gasteiger partial charge in [-0.1, -0.05) is 22.9 Å². The first kappa shape index (κ1) is 12.1. The lowest BCUT2D eigenvalue weighted by atomic mass is 10.3. The molecule has 1 heterocycles. The molecule has 2 rings (SSSR count). The predicted octanol–water partition coefficient (Wildman–Crippen LogP) is 3.77. The standard InChI is InChI=1S/C10H10BrClN2OS/c1-15-3-2-13-10-14-9-7(11)4-6(12)5-8(9)16-10/h4-5H,2-3H2,1H3,(H,13,14). The van der Waals surface area contributed by atoms with Crippen molar-refractivity contribution in [2.75, 3.05) is 25.6 Å². The van der Waals surface area contributed by atoms with E-state index in [1.165, 1.54) is 0 Å². The zero-order valence-corrected chi connectivity index (χ0v) is 11.7. The maximum atomic E-state index is 5.97. The molecular weight excluding hydrogens is 312 g/mol. The third-order valence-corrected chi connectivity index (χ3v) is 3.78. The van der Waals surface area contributed by atoms with Crippen LogP contribution in [0.25, 0.3) is 10.2 Å². The minimum Gasteiger partial charge on any atom is -0.383 e. The Kier molecular flexibility index (Phi) is 4.02. The highest BCUT2D eigenvalue weighted by atomic mass is 79.9. The van der Waals surface area contributed by atoms with Crippen molar-refractivity contribution in [2.45, 2.75) is 0 Å². The van der Waals surface area contributed by atoms with E-state index in [1.807, 2.05) is 12.1 Å². The third-order valence-electron chi connectivity index (χ3n) is 2.00. The molecule has 0 saturated heterocycles. The Morgan fingerprint density at radius 3 is 3.12 bits per heavy atom. The molecule has 0 atom stereocenters. The molecule has 0 saturated carbocycles. The van der Waals surface area contributed by atoms with Crippen LogP contribution in [0.2, 0.25) is 5.02 Å². The van der Waals surface area contributed by atoms with Crippen molar-refractivity contribution in [3.8, 4) is 0 Å². The molecule has 0 aliphatic heterocycles. The molecule has 2 aromatic rings. The number of rotatable bonds is 4. The minimum atomic E-state index is 0.665. The number of aromatic nitrogens is 1. The van der Waals surface area contributed by atoms with E-state index in [-0.39, 0.29) is 0 Å². The number of hydrogen-bond donors (Lipinski definition) is 1. The molecule has 0 unspecified atom stereocenters. The van der Waals surface area contributed by atoms with Crippen molar-refractivity contribution >= 4 is 54.2 Å². The van der Waals surface area contributed by atoms with Crippen LogP contribution in [0.4, 0.5) is 5.13 Å². The normalized spacial score (nSPS) is 10.9. The van der Waals surface area contributed by atoms with Crippen LogP contribution in [-0.2, 0) is 4.74 Å². The van der Waals surface area contributed by atoms with Crippen LogP contribution in [-0.4, -0.2) is 25.2 Å². The molecule has 1 aromatic carbocycles. The van der Waals surface area contributed by atoms with Gasteiger partial charge < -0.3 is 10.1 Å². The fourth-order valence-electron chi connectivity index (χ4n) is 1.29. The van der Waals surface area contributed by atoms with Gasteiger partial charge in [0.25, 0.3) is 0 Å². The van der Waals surface area contributed by atoms with Crippen LogP contribution < -0.4 is 5.32 Å². The lowest BCUT2D eigenvalue weighted by Crippen LogP contribution is -2.06. The van der Waals surface area contributed by atoms with Crippen molar-refractivity contribution in [3.63, 3.8) is 0 Å². The second kappa shape index (κ2) is 5.31. The Labute approximate surface area is 111 Å². The summed E-state index contributed by atoms with van der Waals surface area (Å²) in [5.74, 6) is 0. The van der Waals surface area contributed by atoms with Gasteiger partial charge in [-0.25, -0.2) is 4.98 Å². The average Bonchev–Trinajstić information content (AvgIpc) is 2.61. The van der Waals surface area contributed by atoms with Crippen LogP contribution in [0.15, 0.2) is 16.6 Å². The van der Waals surface area contributed by atoms with E-state index in [9.17, 15) is 0 Å². The maximum absolute atomic E-state index is 5.97. The van der Waals surface area contributed by atoms with E-state index in [0.29, 0.717) is 11.6 Å². The highest BCUT2D eigenvalue weighted by molar-refractivity contribution is 9.10. The molecule has 0 aliphatic carbocycles. The summed E-state index contributed by atoms with van der Waals surface area (Å²) in [6, 6.07) is 3.77. The number of thiazole rings is 1. The molecule has 6 heteroatoms. The van der Waals surface area contributed by atoms with Gasteiger partial charge in [-0.3, -0.25) is 0 Å². The number of benzene rings is 1. The first-order valence-electron chi connectivity index (χ1n) is 4.69. The summed E-state index contributed by atoms with van der Waals surface area (Å²) in [5.41, 5.74) is 0.939. The Bertz CT molecular complexity index is 503. The van der Waals surface area contributed by atoms with Crippen LogP contribution >= 0.6 is 38.9 Å². The lowest BCUT2D eigenvalue weighted by molar-refractivity contribution is 0.211. The van der Waals surface area contributed by atoms with Crippen molar-refractivity contribution in [2.24, 2.45) is 0 Å². The van der Waals surface area contributed by atoms with Crippen molar-refractivity contribution in [1.29, 1.82) is 0 Å². The molecule has 86 valence electrons. The molecule has 0 fully saturated rings. The number of nitrogens with one attached hydrogen (secondary N) is 1. The summed E-state index contributed by atoms with van der Waals surface area (Å²) in [5, 5.41) is 4.80. The Morgan fingerprint density at radius 2 is 2.38 bits per heavy atom. The first-order chi connectivity index (χ1) is 7.70. The molecule has 3 nitrogen and oxygen atoms in total. The maximum Gasteiger partial charge on any atom is 0.183 e. The van der Waals surface area contributed by atoms with Gasteiger partial charge in [0.15, 0.2) is 5.13 Å². The van der Waals surface area contributed by atoms with Gasteiger partial charge in [0.2, 0.25) is 0 Å². The van der Waals surface area contributed by atoms with E-state index >= 15 is 0 Å². The summed E-state index contributed by atoms with van der Waals surface area (Å²) >= 11 is 11.0. The average molecular weight is 322 g/mol. The number of hydrogen-bond acceptors (Lipinski definition) is 4. The van der Waals surface area contributed by atoms with Gasteiger partial charge in [-0.2, -0.15) is 0 Å². The molecule has 0 radical (unpaired) electrons. The fourth-order valence-corrected chi connectivity index (χ4v) is 3.35. The number of fused-ring (bicyclic) bond motifs is 1. The highest BCUT2D eigenvalue weighted by Crippen LogP contribution is 2.33. The fraction of sp³-hybridized carbons (Fsp3) is 0.300. The second-order valence-electron chi connectivity index (χ2n) is 3.17. The van der Waals surface area contributed by atoms with E-state index in [4.69, 9.17) is 16.3 Å². The van der Waals surface area contributed by atoms with Crippen LogP contribution in [0, 0.1) is 0 Å². The van der Waals surface area contributed by atoms with Gasteiger partial charge in [-0.15, -0.1) is 0 Å². The number of nitrogens with zero attached hydrogens (tertiary/aromatic N) is 1. The molecule has 0 aliphatic rings. The zero-order valence-electron chi connectivity index (χ0n) is 8.59. The Morgan fingerprint density at radius 1 is 1.56 bits per heavy atom. The zero-order chi connectivity index (χ0) is 11.5. The summed E-state index contributed by atoms with van der Waals surface area (Å²) in [6.45, 7) is 1.42. The second-order valence-corrected chi connectivity index (χ2v) is 5.49. The SMILES string of the molecule is COCCNc1nc2c(Br)cc(Cl)cc2s1. The number of halogens is 2. The molecule has 0 spiro atoms. The highest BCUT2D eigenvalue weighted by Gasteiger charge is 2.07. The topological polar surface area (TPSA) is 34.1 Å². The van der Waals surface area contributed by atoms with E-state index in [1.54, 1.807) is 18.4 Å². The Hall–Kier alpha value is -0.360. The minimum absolute atomic E-state index is 0.665. The number of ether oxygens (including phenoxy) is 1. The van der Waals surface area contributed by atoms with Gasteiger partial charge in [0.1, 0.15) is 0 Å². The van der Waals surface area contributed by atoms with Gasteiger partial charge in [0.05, 0.1) is 16.8 Å². The lowest BCUT2D eigenvalue weighted by Gasteiger charge is -1.99. The molecular formula is C10H10BrClN2OS. The van der Waals surface area contributed by atoms with Crippen molar-refractivity contribution < 1.29 is 4.74 Å². The summed E-state index contributed by atoms with van der Waals surface area (Å²) < 4.78 is 6.96. The number of methoxy groups -OCH3 is 1. The summed E-state index contributed by atoms with van der Waals surface area (Å²) in [6.07, 6.45) is 0. The van der Waals surface area contributed by atoms with Crippen molar-refractivity contribution in [3.05, 3.63) is 21.6 Å². The van der Waals surface area contributed by atoms with Crippen molar-refractivity contribution in [1.82, 2.24) is 4.98 Å². The van der Waals surface area contributed by atoms with E-state index in [2.05, 4.69) is 26.2 Å². The van der Waals surface area contributed by atoms with Gasteiger partial charge in [-0.05, 0) is 28.1 Å². The smallest absolute Gasteiger partial charge is 0.183 e. The molecule has 1 aromatic heterocycles. The van der Waals surface area contributed by atoms with Crippen LogP contribution in [0.5, 0.6) is 0 Å². The van der Waals surface area contributed by atoms with Gasteiger partial charge >= 0.3 is 0 Å². The third kappa shape index (κ3) is 2.66. The molecule has 0 amide bonds. The molecule has 16 heavy (non-hydrogen) atoms. The predicted molar refractivity (Wildman–Crippen MR) is 72.7 cm³/mol. The largest absolute Gasteiger partial charge is 0.383 e. The summed E-state index contributed by atoms with van der Waals surface area (Å²) in [4.78, 5) is 4.47. The summed E-state index contributed by atoms with van der Waals surface area (Å²) in [7, 11) is 1.68. The van der Waals surface area contributed by atoms with Crippen LogP contribution in [0.3, 0.4) is 0 Å². The van der Waals surface area contributed by atoms with E-state index in [0.717, 1.165) is 26.4 Å². The van der Waals surface area contributed by atoms with Crippen LogP contribution in [0.1, 0.15) is 0 Å². The molecule has 0 bridgehead atoms. The monoisotopic (exact) mass is 320 g/mol. The quantitative estimate of drug-likeness (QED) is 0.870. The molecule has 1 N–H and O–H groups in total. The Balaban J connectivity index is 2.26. The van der Waals surface area contributed by atoms with Gasteiger partial charge in [0, 0.05) is 23.1 Å². The van der Waals surface area contributed by atoms with E-state index < -0.39 is 0 Å².